The van der Waals surface area contributed by atoms with E-state index >= 15 is 0 Å². The Morgan fingerprint density at radius 3 is 2.71 bits per heavy atom. The highest BCUT2D eigenvalue weighted by atomic mass is 35.5. The zero-order valence-corrected chi connectivity index (χ0v) is 15.7. The second kappa shape index (κ2) is 8.14. The summed E-state index contributed by atoms with van der Waals surface area (Å²) in [7, 11) is 0. The monoisotopic (exact) mass is 379 g/mol. The highest BCUT2D eigenvalue weighted by Crippen LogP contribution is 2.30. The maximum atomic E-state index is 12.8. The molecule has 1 amide bonds. The minimum Gasteiger partial charge on any atom is -0.298 e. The average Bonchev–Trinajstić information content (AvgIpc) is 3.24. The van der Waals surface area contributed by atoms with Gasteiger partial charge in [0.25, 0.3) is 5.91 Å². The number of aromatic nitrogens is 2. The third-order valence-electron chi connectivity index (χ3n) is 4.00. The minimum atomic E-state index is -0.161. The van der Waals surface area contributed by atoms with Gasteiger partial charge in [0.05, 0.1) is 11.2 Å². The molecule has 2 heterocycles. The van der Waals surface area contributed by atoms with Crippen LogP contribution in [0.2, 0.25) is 4.34 Å². The minimum absolute atomic E-state index is 0.161. The van der Waals surface area contributed by atoms with Crippen molar-refractivity contribution in [3.63, 3.8) is 0 Å². The van der Waals surface area contributed by atoms with Crippen LogP contribution in [0.5, 0.6) is 0 Å². The van der Waals surface area contributed by atoms with Gasteiger partial charge in [0, 0.05) is 17.3 Å². The molecule has 0 saturated heterocycles. The molecule has 1 fully saturated rings. The lowest BCUT2D eigenvalue weighted by Gasteiger charge is -2.11. The zero-order valence-electron chi connectivity index (χ0n) is 13.3. The molecule has 1 saturated carbocycles. The first-order valence-electron chi connectivity index (χ1n) is 7.80. The highest BCUT2D eigenvalue weighted by molar-refractivity contribution is 7.98. The number of nitrogens with zero attached hydrogens (tertiary/aromatic N) is 2. The van der Waals surface area contributed by atoms with E-state index in [9.17, 15) is 4.79 Å². The number of halogens is 1. The van der Waals surface area contributed by atoms with Crippen LogP contribution in [0.1, 0.15) is 31.2 Å². The topological polar surface area (TPSA) is 54.9 Å². The zero-order chi connectivity index (χ0) is 16.9. The van der Waals surface area contributed by atoms with Gasteiger partial charge in [-0.1, -0.05) is 41.9 Å². The summed E-state index contributed by atoms with van der Waals surface area (Å²) in [4.78, 5) is 21.3. The van der Waals surface area contributed by atoms with Crippen molar-refractivity contribution in [3.05, 3.63) is 40.5 Å². The van der Waals surface area contributed by atoms with Gasteiger partial charge in [-0.15, -0.1) is 11.8 Å². The summed E-state index contributed by atoms with van der Waals surface area (Å²) < 4.78 is 0.553. The third-order valence-corrected chi connectivity index (χ3v) is 5.69. The molecule has 1 N–H and O–H groups in total. The van der Waals surface area contributed by atoms with Gasteiger partial charge in [-0.2, -0.15) is 0 Å². The first-order chi connectivity index (χ1) is 11.7. The van der Waals surface area contributed by atoms with Crippen LogP contribution in [0.3, 0.4) is 0 Å². The number of hydrogen-bond acceptors (Lipinski definition) is 5. The summed E-state index contributed by atoms with van der Waals surface area (Å²) >= 11 is 8.72. The molecule has 1 aliphatic rings. The van der Waals surface area contributed by atoms with Crippen molar-refractivity contribution < 1.29 is 4.79 Å². The van der Waals surface area contributed by atoms with E-state index in [4.69, 9.17) is 11.6 Å². The Labute approximate surface area is 154 Å². The summed E-state index contributed by atoms with van der Waals surface area (Å²) in [6, 6.07) is 3.89. The largest absolute Gasteiger partial charge is 0.298 e. The lowest BCUT2D eigenvalue weighted by atomic mass is 9.99. The van der Waals surface area contributed by atoms with Crippen LogP contribution in [0.4, 0.5) is 5.13 Å². The molecule has 0 atom stereocenters. The Hall–Kier alpha value is -1.37. The van der Waals surface area contributed by atoms with Crippen molar-refractivity contribution in [1.29, 1.82) is 0 Å². The first-order valence-corrected chi connectivity index (χ1v) is 10.2. The SMILES string of the molecule is CSc1ccc(C(=CC2CCCC2)C(=O)Nc2ncc(Cl)s2)cn1. The second-order valence-electron chi connectivity index (χ2n) is 5.64. The van der Waals surface area contributed by atoms with E-state index in [-0.39, 0.29) is 5.91 Å². The van der Waals surface area contributed by atoms with E-state index in [0.717, 1.165) is 23.4 Å². The number of amides is 1. The number of rotatable bonds is 5. The maximum Gasteiger partial charge on any atom is 0.257 e. The van der Waals surface area contributed by atoms with E-state index < -0.39 is 0 Å². The maximum absolute atomic E-state index is 12.8. The standard InChI is InChI=1S/C17H18ClN3OS2/c1-23-15-7-6-12(9-19-15)13(8-11-4-2-3-5-11)16(22)21-17-20-10-14(18)24-17/h6-11H,2-5H2,1H3,(H,20,21,22). The number of anilines is 1. The van der Waals surface area contributed by atoms with Crippen molar-refractivity contribution in [2.24, 2.45) is 5.92 Å². The number of hydrogen-bond donors (Lipinski definition) is 1. The molecular formula is C17H18ClN3OS2. The molecule has 0 aromatic carbocycles. The Morgan fingerprint density at radius 2 is 2.12 bits per heavy atom. The van der Waals surface area contributed by atoms with Crippen LogP contribution in [0.25, 0.3) is 5.57 Å². The molecule has 3 rings (SSSR count). The Bertz CT molecular complexity index is 737. The van der Waals surface area contributed by atoms with Gasteiger partial charge in [-0.25, -0.2) is 9.97 Å². The number of pyridine rings is 1. The molecule has 126 valence electrons. The van der Waals surface area contributed by atoms with Gasteiger partial charge < -0.3 is 0 Å². The van der Waals surface area contributed by atoms with Gasteiger partial charge in [-0.3, -0.25) is 10.1 Å². The highest BCUT2D eigenvalue weighted by Gasteiger charge is 2.19. The molecule has 0 unspecified atom stereocenters. The van der Waals surface area contributed by atoms with Crippen LogP contribution in [0.15, 0.2) is 35.6 Å². The van der Waals surface area contributed by atoms with Crippen LogP contribution in [0, 0.1) is 5.92 Å². The summed E-state index contributed by atoms with van der Waals surface area (Å²) in [5.41, 5.74) is 1.49. The number of allylic oxidation sites excluding steroid dienone is 1. The van der Waals surface area contributed by atoms with Gasteiger partial charge in [-0.05, 0) is 37.1 Å². The average molecular weight is 380 g/mol. The molecule has 2 aromatic heterocycles. The van der Waals surface area contributed by atoms with Crippen LogP contribution in [-0.4, -0.2) is 22.1 Å². The van der Waals surface area contributed by atoms with Crippen molar-refractivity contribution >= 4 is 51.3 Å². The quantitative estimate of drug-likeness (QED) is 0.578. The predicted octanol–water partition coefficient (Wildman–Crippen LogP) is 5.13. The molecule has 0 radical (unpaired) electrons. The molecule has 4 nitrogen and oxygen atoms in total. The molecule has 24 heavy (non-hydrogen) atoms. The first kappa shape index (κ1) is 17.5. The number of nitrogens with one attached hydrogen (secondary N) is 1. The smallest absolute Gasteiger partial charge is 0.257 e. The Balaban J connectivity index is 1.86. The van der Waals surface area contributed by atoms with Crippen LogP contribution >= 0.6 is 34.7 Å². The van der Waals surface area contributed by atoms with E-state index in [1.165, 1.54) is 30.4 Å². The van der Waals surface area contributed by atoms with Gasteiger partial charge in [0.15, 0.2) is 5.13 Å². The van der Waals surface area contributed by atoms with Crippen molar-refractivity contribution in [2.75, 3.05) is 11.6 Å². The summed E-state index contributed by atoms with van der Waals surface area (Å²) in [6.45, 7) is 0. The Kier molecular flexibility index (Phi) is 5.92. The number of carbonyl (C=O) groups excluding carboxylic acids is 1. The van der Waals surface area contributed by atoms with Crippen molar-refractivity contribution in [1.82, 2.24) is 9.97 Å². The van der Waals surface area contributed by atoms with E-state index in [1.807, 2.05) is 18.4 Å². The second-order valence-corrected chi connectivity index (χ2v) is 8.13. The van der Waals surface area contributed by atoms with E-state index in [1.54, 1.807) is 18.0 Å². The summed E-state index contributed by atoms with van der Waals surface area (Å²) in [5.74, 6) is 0.289. The van der Waals surface area contributed by atoms with E-state index in [2.05, 4.69) is 21.4 Å². The normalized spacial score (nSPS) is 15.7. The summed E-state index contributed by atoms with van der Waals surface area (Å²) in [6.07, 6.45) is 12.1. The fraction of sp³-hybridized carbons (Fsp3) is 0.353. The van der Waals surface area contributed by atoms with Crippen molar-refractivity contribution in [3.8, 4) is 0 Å². The number of carbonyl (C=O) groups is 1. The van der Waals surface area contributed by atoms with Crippen LogP contribution in [-0.2, 0) is 4.79 Å². The number of thiazole rings is 1. The summed E-state index contributed by atoms with van der Waals surface area (Å²) in [5, 5.41) is 4.29. The Morgan fingerprint density at radius 1 is 1.33 bits per heavy atom. The lowest BCUT2D eigenvalue weighted by molar-refractivity contribution is -0.111. The van der Waals surface area contributed by atoms with E-state index in [0.29, 0.717) is 21.0 Å². The lowest BCUT2D eigenvalue weighted by Crippen LogP contribution is -2.14. The molecule has 0 bridgehead atoms. The third kappa shape index (κ3) is 4.37. The molecule has 0 aliphatic heterocycles. The molecular weight excluding hydrogens is 362 g/mol. The van der Waals surface area contributed by atoms with Gasteiger partial charge in [0.1, 0.15) is 4.34 Å². The number of thioether (sulfide) groups is 1. The molecule has 0 spiro atoms. The molecule has 2 aromatic rings. The molecule has 1 aliphatic carbocycles. The fourth-order valence-corrected chi connectivity index (χ4v) is 3.97. The predicted molar refractivity (Wildman–Crippen MR) is 102 cm³/mol. The fourth-order valence-electron chi connectivity index (χ4n) is 2.80. The van der Waals surface area contributed by atoms with Gasteiger partial charge in [0.2, 0.25) is 0 Å². The van der Waals surface area contributed by atoms with Gasteiger partial charge >= 0.3 is 0 Å². The molecule has 7 heteroatoms. The van der Waals surface area contributed by atoms with Crippen molar-refractivity contribution in [2.45, 2.75) is 30.7 Å². The van der Waals surface area contributed by atoms with Crippen LogP contribution < -0.4 is 5.32 Å².